The number of nitrogens with two attached hydrogens (primary N) is 1. The predicted octanol–water partition coefficient (Wildman–Crippen LogP) is 0.968. The lowest BCUT2D eigenvalue weighted by Crippen LogP contribution is -2.35. The van der Waals surface area contributed by atoms with Gasteiger partial charge in [-0.15, -0.1) is 0 Å². The Kier molecular flexibility index (Phi) is 6.80. The number of hydrogen-bond donors (Lipinski definition) is 4. The van der Waals surface area contributed by atoms with Crippen molar-refractivity contribution in [2.75, 3.05) is 25.0 Å². The highest BCUT2D eigenvalue weighted by atomic mass is 16.2. The molecule has 3 rings (SSSR count). The van der Waals surface area contributed by atoms with Crippen LogP contribution in [0.3, 0.4) is 0 Å². The largest absolute Gasteiger partial charge is 0.344 e. The highest BCUT2D eigenvalue weighted by Crippen LogP contribution is 2.18. The first kappa shape index (κ1) is 20.3. The van der Waals surface area contributed by atoms with Crippen LogP contribution >= 0.6 is 0 Å². The second-order valence-corrected chi connectivity index (χ2v) is 6.80. The second kappa shape index (κ2) is 9.70. The Morgan fingerprint density at radius 3 is 2.45 bits per heavy atom. The van der Waals surface area contributed by atoms with Gasteiger partial charge < -0.3 is 26.6 Å². The van der Waals surface area contributed by atoms with Gasteiger partial charge in [0, 0.05) is 31.9 Å². The fraction of sp³-hybridized carbons (Fsp3) is 0.286. The second-order valence-electron chi connectivity index (χ2n) is 6.80. The summed E-state index contributed by atoms with van der Waals surface area (Å²) in [7, 11) is 0. The maximum absolute atomic E-state index is 12.3. The third-order valence-corrected chi connectivity index (χ3v) is 4.69. The first-order valence-corrected chi connectivity index (χ1v) is 9.54. The van der Waals surface area contributed by atoms with Gasteiger partial charge in [0.2, 0.25) is 0 Å². The molecule has 4 amide bonds. The number of carbonyl (C=O) groups excluding carboxylic acids is 3. The minimum Gasteiger partial charge on any atom is -0.344 e. The van der Waals surface area contributed by atoms with Gasteiger partial charge in [-0.05, 0) is 35.7 Å². The lowest BCUT2D eigenvalue weighted by molar-refractivity contribution is -0.136. The molecule has 1 fully saturated rings. The molecule has 2 aromatic rings. The summed E-state index contributed by atoms with van der Waals surface area (Å²) in [4.78, 5) is 37.9. The van der Waals surface area contributed by atoms with Crippen LogP contribution in [0.2, 0.25) is 0 Å². The molecule has 0 unspecified atom stereocenters. The van der Waals surface area contributed by atoms with Gasteiger partial charge in [0.1, 0.15) is 0 Å². The Labute approximate surface area is 169 Å². The van der Waals surface area contributed by atoms with Crippen LogP contribution < -0.4 is 21.7 Å². The van der Waals surface area contributed by atoms with E-state index >= 15 is 0 Å². The fourth-order valence-corrected chi connectivity index (χ4v) is 3.08. The van der Waals surface area contributed by atoms with Gasteiger partial charge in [-0.2, -0.15) is 0 Å². The van der Waals surface area contributed by atoms with Crippen molar-refractivity contribution in [2.24, 2.45) is 5.73 Å². The Morgan fingerprint density at radius 1 is 1.03 bits per heavy atom. The third-order valence-electron chi connectivity index (χ3n) is 4.69. The summed E-state index contributed by atoms with van der Waals surface area (Å²) in [5.41, 5.74) is 8.83. The highest BCUT2D eigenvalue weighted by Gasteiger charge is 2.21. The van der Waals surface area contributed by atoms with Crippen molar-refractivity contribution >= 4 is 23.5 Å². The number of nitrogens with zero attached hydrogens (tertiary/aromatic N) is 1. The molecule has 1 heterocycles. The van der Waals surface area contributed by atoms with Crippen LogP contribution in [0.5, 0.6) is 0 Å². The monoisotopic (exact) mass is 395 g/mol. The number of hydrogen-bond acceptors (Lipinski definition) is 4. The molecule has 5 N–H and O–H groups in total. The minimum absolute atomic E-state index is 0.138. The number of para-hydroxylation sites is 1. The summed E-state index contributed by atoms with van der Waals surface area (Å²) >= 11 is 0. The standard InChI is InChI=1S/C21H25N5O3/c22-10-9-15-5-7-16(8-6-15)13-24-19(27)20(28)25-18-4-2-1-3-17(18)14-26-12-11-23-21(26)29/h1-8H,9-14,22H2,(H,23,29)(H,24,27)(H,25,28). The molecule has 0 saturated carbocycles. The lowest BCUT2D eigenvalue weighted by Gasteiger charge is -2.17. The molecular formula is C21H25N5O3. The van der Waals surface area contributed by atoms with Crippen LogP contribution in [0.1, 0.15) is 16.7 Å². The summed E-state index contributed by atoms with van der Waals surface area (Å²) in [5, 5.41) is 8.00. The number of nitrogens with one attached hydrogen (secondary N) is 3. The zero-order valence-corrected chi connectivity index (χ0v) is 16.1. The smallest absolute Gasteiger partial charge is 0.317 e. The van der Waals surface area contributed by atoms with E-state index in [1.54, 1.807) is 17.0 Å². The molecule has 2 aromatic carbocycles. The van der Waals surface area contributed by atoms with Crippen LogP contribution in [0.15, 0.2) is 48.5 Å². The van der Waals surface area contributed by atoms with Crippen molar-refractivity contribution in [3.05, 3.63) is 65.2 Å². The third kappa shape index (κ3) is 5.55. The number of anilines is 1. The van der Waals surface area contributed by atoms with Gasteiger partial charge in [-0.1, -0.05) is 42.5 Å². The molecule has 1 aliphatic rings. The van der Waals surface area contributed by atoms with E-state index < -0.39 is 11.8 Å². The summed E-state index contributed by atoms with van der Waals surface area (Å²) in [6.45, 7) is 2.40. The van der Waals surface area contributed by atoms with E-state index in [-0.39, 0.29) is 12.6 Å². The summed E-state index contributed by atoms with van der Waals surface area (Å²) in [6.07, 6.45) is 0.799. The first-order valence-electron chi connectivity index (χ1n) is 9.54. The van der Waals surface area contributed by atoms with Gasteiger partial charge in [0.25, 0.3) is 0 Å². The van der Waals surface area contributed by atoms with Crippen LogP contribution in [0.4, 0.5) is 10.5 Å². The number of amides is 4. The van der Waals surface area contributed by atoms with E-state index in [0.29, 0.717) is 31.9 Å². The van der Waals surface area contributed by atoms with Crippen LogP contribution in [-0.4, -0.2) is 42.4 Å². The molecule has 0 spiro atoms. The van der Waals surface area contributed by atoms with Gasteiger partial charge in [-0.25, -0.2) is 4.79 Å². The van der Waals surface area contributed by atoms with Crippen LogP contribution in [0, 0.1) is 0 Å². The fourth-order valence-electron chi connectivity index (χ4n) is 3.08. The van der Waals surface area contributed by atoms with Crippen molar-refractivity contribution in [3.63, 3.8) is 0 Å². The maximum Gasteiger partial charge on any atom is 0.317 e. The zero-order valence-electron chi connectivity index (χ0n) is 16.1. The summed E-state index contributed by atoms with van der Waals surface area (Å²) in [5.74, 6) is -1.46. The average Bonchev–Trinajstić information content (AvgIpc) is 3.13. The van der Waals surface area contributed by atoms with Crippen molar-refractivity contribution in [1.82, 2.24) is 15.5 Å². The highest BCUT2D eigenvalue weighted by molar-refractivity contribution is 6.39. The van der Waals surface area contributed by atoms with Crippen molar-refractivity contribution in [1.29, 1.82) is 0 Å². The molecule has 0 atom stereocenters. The minimum atomic E-state index is -0.747. The first-order chi connectivity index (χ1) is 14.1. The molecule has 1 aliphatic heterocycles. The molecule has 0 aliphatic carbocycles. The molecule has 8 nitrogen and oxygen atoms in total. The van der Waals surface area contributed by atoms with E-state index in [1.807, 2.05) is 36.4 Å². The quantitative estimate of drug-likeness (QED) is 0.523. The zero-order chi connectivity index (χ0) is 20.6. The molecule has 8 heteroatoms. The summed E-state index contributed by atoms with van der Waals surface area (Å²) in [6, 6.07) is 14.7. The molecule has 1 saturated heterocycles. The van der Waals surface area contributed by atoms with E-state index in [9.17, 15) is 14.4 Å². The Hall–Kier alpha value is -3.39. The lowest BCUT2D eigenvalue weighted by atomic mass is 10.1. The maximum atomic E-state index is 12.3. The van der Waals surface area contributed by atoms with Gasteiger partial charge in [0.15, 0.2) is 0 Å². The molecule has 152 valence electrons. The molecule has 29 heavy (non-hydrogen) atoms. The number of carbonyl (C=O) groups is 3. The van der Waals surface area contributed by atoms with E-state index in [0.717, 1.165) is 23.1 Å². The molecular weight excluding hydrogens is 370 g/mol. The summed E-state index contributed by atoms with van der Waals surface area (Å²) < 4.78 is 0. The van der Waals surface area contributed by atoms with Crippen LogP contribution in [0.25, 0.3) is 0 Å². The Balaban J connectivity index is 1.55. The normalized spacial score (nSPS) is 13.1. The van der Waals surface area contributed by atoms with E-state index in [1.165, 1.54) is 0 Å². The molecule has 0 radical (unpaired) electrons. The van der Waals surface area contributed by atoms with E-state index in [4.69, 9.17) is 5.73 Å². The predicted molar refractivity (Wildman–Crippen MR) is 110 cm³/mol. The van der Waals surface area contributed by atoms with E-state index in [2.05, 4.69) is 16.0 Å². The number of urea groups is 1. The SMILES string of the molecule is NCCc1ccc(CNC(=O)C(=O)Nc2ccccc2CN2CCNC2=O)cc1. The topological polar surface area (TPSA) is 117 Å². The number of rotatable bonds is 7. The van der Waals surface area contributed by atoms with Gasteiger partial charge >= 0.3 is 17.8 Å². The number of benzene rings is 2. The average molecular weight is 395 g/mol. The van der Waals surface area contributed by atoms with Gasteiger partial charge in [0.05, 0.1) is 0 Å². The Morgan fingerprint density at radius 2 is 1.76 bits per heavy atom. The molecule has 0 bridgehead atoms. The molecule has 0 aromatic heterocycles. The van der Waals surface area contributed by atoms with Gasteiger partial charge in [-0.3, -0.25) is 9.59 Å². The Bertz CT molecular complexity index is 882. The van der Waals surface area contributed by atoms with Crippen LogP contribution in [-0.2, 0) is 29.1 Å². The van der Waals surface area contributed by atoms with Crippen molar-refractivity contribution in [2.45, 2.75) is 19.5 Å². The van der Waals surface area contributed by atoms with Crippen molar-refractivity contribution in [3.8, 4) is 0 Å². The van der Waals surface area contributed by atoms with Crippen molar-refractivity contribution < 1.29 is 14.4 Å².